The maximum Gasteiger partial charge on any atom is 0.337 e. The van der Waals surface area contributed by atoms with Gasteiger partial charge in [0.05, 0.1) is 17.1 Å². The maximum absolute atomic E-state index is 11.9. The Hall–Kier alpha value is -1.48. The van der Waals surface area contributed by atoms with Gasteiger partial charge in [-0.25, -0.2) is 26.6 Å². The van der Waals surface area contributed by atoms with Gasteiger partial charge >= 0.3 is 5.97 Å². The van der Waals surface area contributed by atoms with E-state index >= 15 is 0 Å². The van der Waals surface area contributed by atoms with Crippen molar-refractivity contribution in [3.8, 4) is 0 Å². The average Bonchev–Trinajstić information content (AvgIpc) is 2.37. The van der Waals surface area contributed by atoms with Crippen LogP contribution < -0.4 is 0 Å². The third kappa shape index (κ3) is 3.10. The predicted molar refractivity (Wildman–Crippen MR) is 66.6 cm³/mol. The molecule has 0 spiro atoms. The number of hydrogen-bond acceptors (Lipinski definition) is 6. The number of rotatable bonds is 5. The SMILES string of the molecule is CCS(=O)(=O)c1cc(C(=O)O)cnc1S(=O)(=O)CC. The molecule has 0 aromatic carbocycles. The van der Waals surface area contributed by atoms with Crippen LogP contribution in [-0.2, 0) is 19.7 Å². The van der Waals surface area contributed by atoms with E-state index in [1.165, 1.54) is 13.8 Å². The highest BCUT2D eigenvalue weighted by atomic mass is 32.2. The summed E-state index contributed by atoms with van der Waals surface area (Å²) in [5.74, 6) is -2.04. The number of pyridine rings is 1. The summed E-state index contributed by atoms with van der Waals surface area (Å²) in [6.07, 6.45) is 0.833. The molecule has 106 valence electrons. The van der Waals surface area contributed by atoms with Gasteiger partial charge in [0.2, 0.25) is 0 Å². The summed E-state index contributed by atoms with van der Waals surface area (Å²) in [7, 11) is -7.73. The molecule has 0 saturated heterocycles. The van der Waals surface area contributed by atoms with Crippen LogP contribution in [0.3, 0.4) is 0 Å². The van der Waals surface area contributed by atoms with E-state index in [1.807, 2.05) is 0 Å². The summed E-state index contributed by atoms with van der Waals surface area (Å²) in [4.78, 5) is 13.8. The van der Waals surface area contributed by atoms with Gasteiger partial charge in [-0.1, -0.05) is 13.8 Å². The zero-order chi connectivity index (χ0) is 14.8. The van der Waals surface area contributed by atoms with Crippen LogP contribution in [0.2, 0.25) is 0 Å². The second kappa shape index (κ2) is 5.25. The van der Waals surface area contributed by atoms with Crippen LogP contribution >= 0.6 is 0 Å². The summed E-state index contributed by atoms with van der Waals surface area (Å²) in [6.45, 7) is 2.69. The zero-order valence-electron chi connectivity index (χ0n) is 10.3. The molecule has 0 aliphatic heterocycles. The number of sulfone groups is 2. The summed E-state index contributed by atoms with van der Waals surface area (Å²) in [6, 6.07) is 0.830. The maximum atomic E-state index is 11.9. The number of hydrogen-bond donors (Lipinski definition) is 1. The molecule has 0 unspecified atom stereocenters. The quantitative estimate of drug-likeness (QED) is 0.834. The summed E-state index contributed by atoms with van der Waals surface area (Å²) in [5.41, 5.74) is -0.373. The first-order valence-electron chi connectivity index (χ1n) is 5.34. The van der Waals surface area contributed by atoms with E-state index in [-0.39, 0.29) is 17.1 Å². The first-order valence-corrected chi connectivity index (χ1v) is 8.65. The zero-order valence-corrected chi connectivity index (χ0v) is 12.0. The van der Waals surface area contributed by atoms with E-state index in [2.05, 4.69) is 4.98 Å². The highest BCUT2D eigenvalue weighted by Gasteiger charge is 2.27. The fraction of sp³-hybridized carbons (Fsp3) is 0.400. The highest BCUT2D eigenvalue weighted by molar-refractivity contribution is 7.94. The fourth-order valence-electron chi connectivity index (χ4n) is 1.30. The van der Waals surface area contributed by atoms with Gasteiger partial charge < -0.3 is 5.11 Å². The molecule has 9 heteroatoms. The fourth-order valence-corrected chi connectivity index (χ4v) is 3.85. The molecule has 1 rings (SSSR count). The third-order valence-electron chi connectivity index (χ3n) is 2.45. The van der Waals surface area contributed by atoms with E-state index in [1.54, 1.807) is 0 Å². The number of carboxylic acid groups (broad SMARTS) is 1. The molecule has 0 radical (unpaired) electrons. The number of carbonyl (C=O) groups is 1. The topological polar surface area (TPSA) is 118 Å². The number of aromatic carboxylic acids is 1. The predicted octanol–water partition coefficient (Wildman–Crippen LogP) is 0.367. The number of nitrogens with zero attached hydrogens (tertiary/aromatic N) is 1. The van der Waals surface area contributed by atoms with Gasteiger partial charge in [0, 0.05) is 6.20 Å². The minimum absolute atomic E-state index is 0.321. The van der Waals surface area contributed by atoms with Crippen LogP contribution in [-0.4, -0.2) is 44.4 Å². The Kier molecular flexibility index (Phi) is 4.31. The Bertz CT molecular complexity index is 706. The van der Waals surface area contributed by atoms with Crippen LogP contribution in [0.4, 0.5) is 0 Å². The second-order valence-electron chi connectivity index (χ2n) is 3.64. The van der Waals surface area contributed by atoms with Crippen LogP contribution in [0, 0.1) is 0 Å². The monoisotopic (exact) mass is 307 g/mol. The highest BCUT2D eigenvalue weighted by Crippen LogP contribution is 2.22. The number of carboxylic acids is 1. The molecule has 0 fully saturated rings. The molecule has 1 N–H and O–H groups in total. The molecule has 0 bridgehead atoms. The van der Waals surface area contributed by atoms with Crippen molar-refractivity contribution >= 4 is 25.6 Å². The van der Waals surface area contributed by atoms with Crippen molar-refractivity contribution in [3.05, 3.63) is 17.8 Å². The van der Waals surface area contributed by atoms with E-state index in [9.17, 15) is 21.6 Å². The van der Waals surface area contributed by atoms with Crippen molar-refractivity contribution < 1.29 is 26.7 Å². The molecule has 0 saturated carbocycles. The van der Waals surface area contributed by atoms with Crippen LogP contribution in [0.1, 0.15) is 24.2 Å². The minimum atomic E-state index is -3.88. The van der Waals surface area contributed by atoms with Gasteiger partial charge in [-0.3, -0.25) is 0 Å². The lowest BCUT2D eigenvalue weighted by Gasteiger charge is -2.09. The van der Waals surface area contributed by atoms with Crippen molar-refractivity contribution in [3.63, 3.8) is 0 Å². The summed E-state index contributed by atoms with van der Waals surface area (Å²) < 4.78 is 47.3. The van der Waals surface area contributed by atoms with Gasteiger partial charge in [0.1, 0.15) is 4.90 Å². The van der Waals surface area contributed by atoms with Gasteiger partial charge in [0.25, 0.3) is 0 Å². The minimum Gasteiger partial charge on any atom is -0.478 e. The molecule has 0 aliphatic rings. The summed E-state index contributed by atoms with van der Waals surface area (Å²) >= 11 is 0. The van der Waals surface area contributed by atoms with E-state index in [0.29, 0.717) is 0 Å². The van der Waals surface area contributed by atoms with E-state index < -0.39 is 35.6 Å². The largest absolute Gasteiger partial charge is 0.478 e. The van der Waals surface area contributed by atoms with Gasteiger partial charge in [0.15, 0.2) is 24.7 Å². The molecule has 1 heterocycles. The first kappa shape index (κ1) is 15.6. The molecular weight excluding hydrogens is 294 g/mol. The lowest BCUT2D eigenvalue weighted by molar-refractivity contribution is 0.0696. The molecule has 0 aliphatic carbocycles. The molecule has 1 aromatic rings. The lowest BCUT2D eigenvalue weighted by Crippen LogP contribution is -2.16. The van der Waals surface area contributed by atoms with E-state index in [4.69, 9.17) is 5.11 Å². The Labute approximate surface area is 111 Å². The lowest BCUT2D eigenvalue weighted by atomic mass is 10.3. The van der Waals surface area contributed by atoms with Crippen molar-refractivity contribution in [2.45, 2.75) is 23.8 Å². The molecular formula is C10H13NO6S2. The molecule has 1 aromatic heterocycles. The van der Waals surface area contributed by atoms with Crippen molar-refractivity contribution in [2.24, 2.45) is 0 Å². The average molecular weight is 307 g/mol. The van der Waals surface area contributed by atoms with Gasteiger partial charge in [-0.05, 0) is 6.07 Å². The van der Waals surface area contributed by atoms with Crippen molar-refractivity contribution in [1.29, 1.82) is 0 Å². The Morgan fingerprint density at radius 1 is 1.16 bits per heavy atom. The van der Waals surface area contributed by atoms with Gasteiger partial charge in [-0.15, -0.1) is 0 Å². The first-order chi connectivity index (χ1) is 8.65. The van der Waals surface area contributed by atoms with Crippen LogP contribution in [0.15, 0.2) is 22.2 Å². The van der Waals surface area contributed by atoms with E-state index in [0.717, 1.165) is 12.3 Å². The Balaban J connectivity index is 3.73. The molecule has 19 heavy (non-hydrogen) atoms. The standard InChI is InChI=1S/C10H13NO6S2/c1-3-18(14,15)8-5-7(10(12)13)6-11-9(8)19(16,17)4-2/h5-6H,3-4H2,1-2H3,(H,12,13). The second-order valence-corrected chi connectivity index (χ2v) is 8.08. The number of aromatic nitrogens is 1. The molecule has 0 atom stereocenters. The summed E-state index contributed by atoms with van der Waals surface area (Å²) in [5, 5.41) is 8.22. The van der Waals surface area contributed by atoms with Crippen LogP contribution in [0.25, 0.3) is 0 Å². The Morgan fingerprint density at radius 3 is 2.11 bits per heavy atom. The van der Waals surface area contributed by atoms with Crippen molar-refractivity contribution in [2.75, 3.05) is 11.5 Å². The molecule has 7 nitrogen and oxygen atoms in total. The van der Waals surface area contributed by atoms with Crippen molar-refractivity contribution in [1.82, 2.24) is 4.98 Å². The molecule has 0 amide bonds. The van der Waals surface area contributed by atoms with Gasteiger partial charge in [-0.2, -0.15) is 0 Å². The van der Waals surface area contributed by atoms with Crippen LogP contribution in [0.5, 0.6) is 0 Å². The normalized spacial score (nSPS) is 12.3. The smallest absolute Gasteiger partial charge is 0.337 e. The third-order valence-corrected chi connectivity index (χ3v) is 6.00. The Morgan fingerprint density at radius 2 is 1.68 bits per heavy atom.